The lowest BCUT2D eigenvalue weighted by atomic mass is 10.0. The molecule has 0 unspecified atom stereocenters. The van der Waals surface area contributed by atoms with E-state index in [4.69, 9.17) is 4.74 Å². The number of nitrogens with zero attached hydrogens (tertiary/aromatic N) is 1. The second kappa shape index (κ2) is 8.34. The van der Waals surface area contributed by atoms with E-state index in [1.54, 1.807) is 7.11 Å². The number of hydrogen-bond donors (Lipinski definition) is 0. The van der Waals surface area contributed by atoms with E-state index in [0.29, 0.717) is 11.5 Å². The Bertz CT molecular complexity index is 662. The summed E-state index contributed by atoms with van der Waals surface area (Å²) in [6.07, 6.45) is 2.71. The molecule has 0 aliphatic rings. The molecule has 2 rings (SSSR count). The summed E-state index contributed by atoms with van der Waals surface area (Å²) in [5.41, 5.74) is 1.51. The van der Waals surface area contributed by atoms with Crippen molar-refractivity contribution >= 4 is 11.6 Å². The molecule has 1 amide bonds. The first-order valence-corrected chi connectivity index (χ1v) is 8.22. The largest absolute Gasteiger partial charge is 0.497 e. The minimum absolute atomic E-state index is 0.0219. The molecule has 24 heavy (non-hydrogen) atoms. The first-order chi connectivity index (χ1) is 11.6. The van der Waals surface area contributed by atoms with Crippen LogP contribution in [-0.4, -0.2) is 19.1 Å². The van der Waals surface area contributed by atoms with Crippen LogP contribution in [0.15, 0.2) is 67.3 Å². The van der Waals surface area contributed by atoms with Gasteiger partial charge in [0.2, 0.25) is 0 Å². The van der Waals surface area contributed by atoms with Crippen LogP contribution in [0.3, 0.4) is 0 Å². The first-order valence-electron chi connectivity index (χ1n) is 8.22. The maximum Gasteiger partial charge on any atom is 0.258 e. The fraction of sp³-hybridized carbons (Fsp3) is 0.286. The van der Waals surface area contributed by atoms with Crippen LogP contribution < -0.4 is 9.64 Å². The zero-order valence-corrected chi connectivity index (χ0v) is 14.6. The molecule has 3 nitrogen and oxygen atoms in total. The summed E-state index contributed by atoms with van der Waals surface area (Å²) in [5.74, 6) is 1.20. The highest BCUT2D eigenvalue weighted by Crippen LogP contribution is 2.26. The summed E-state index contributed by atoms with van der Waals surface area (Å²) in [7, 11) is 1.63. The monoisotopic (exact) mass is 323 g/mol. The summed E-state index contributed by atoms with van der Waals surface area (Å²) in [4.78, 5) is 14.9. The van der Waals surface area contributed by atoms with Gasteiger partial charge in [-0.1, -0.05) is 38.1 Å². The van der Waals surface area contributed by atoms with Gasteiger partial charge in [-0.25, -0.2) is 0 Å². The second-order valence-corrected chi connectivity index (χ2v) is 6.17. The Hall–Kier alpha value is -2.55. The van der Waals surface area contributed by atoms with E-state index in [0.717, 1.165) is 17.9 Å². The van der Waals surface area contributed by atoms with Gasteiger partial charge in [0.05, 0.1) is 13.2 Å². The molecule has 0 saturated carbocycles. The zero-order chi connectivity index (χ0) is 17.5. The Balaban J connectivity index is 2.43. The molecule has 0 heterocycles. The SMILES string of the molecule is C=C[C@@H](CC(C)C)N(C(=O)c1ccccc1)c1ccc(OC)cc1. The van der Waals surface area contributed by atoms with Crippen LogP contribution in [0.2, 0.25) is 0 Å². The Morgan fingerprint density at radius 1 is 1.12 bits per heavy atom. The van der Waals surface area contributed by atoms with Gasteiger partial charge in [0.25, 0.3) is 5.91 Å². The number of benzene rings is 2. The maximum absolute atomic E-state index is 13.1. The van der Waals surface area contributed by atoms with Gasteiger partial charge in [-0.05, 0) is 48.7 Å². The van der Waals surface area contributed by atoms with Gasteiger partial charge in [-0.2, -0.15) is 0 Å². The van der Waals surface area contributed by atoms with E-state index in [-0.39, 0.29) is 11.9 Å². The molecule has 126 valence electrons. The number of anilines is 1. The number of rotatable bonds is 7. The summed E-state index contributed by atoms with van der Waals surface area (Å²) in [6, 6.07) is 16.9. The topological polar surface area (TPSA) is 29.5 Å². The van der Waals surface area contributed by atoms with Crippen molar-refractivity contribution in [3.8, 4) is 5.75 Å². The van der Waals surface area contributed by atoms with Crippen molar-refractivity contribution in [3.63, 3.8) is 0 Å². The van der Waals surface area contributed by atoms with E-state index >= 15 is 0 Å². The van der Waals surface area contributed by atoms with Crippen molar-refractivity contribution in [3.05, 3.63) is 72.8 Å². The standard InChI is InChI=1S/C21H25NO2/c1-5-18(15-16(2)3)22(19-11-13-20(24-4)14-12-19)21(23)17-9-7-6-8-10-17/h5-14,16,18H,1,15H2,2-4H3/t18-/m0/s1. The number of carbonyl (C=O) groups is 1. The minimum atomic E-state index is -0.0638. The molecule has 0 bridgehead atoms. The van der Waals surface area contributed by atoms with Gasteiger partial charge in [-0.15, -0.1) is 6.58 Å². The van der Waals surface area contributed by atoms with Gasteiger partial charge in [0.15, 0.2) is 0 Å². The van der Waals surface area contributed by atoms with Crippen molar-refractivity contribution in [1.82, 2.24) is 0 Å². The number of methoxy groups -OCH3 is 1. The van der Waals surface area contributed by atoms with Gasteiger partial charge >= 0.3 is 0 Å². The number of hydrogen-bond acceptors (Lipinski definition) is 2. The van der Waals surface area contributed by atoms with Crippen molar-refractivity contribution in [2.45, 2.75) is 26.3 Å². The third-order valence-electron chi connectivity index (χ3n) is 3.91. The highest BCUT2D eigenvalue weighted by molar-refractivity contribution is 6.06. The normalized spacial score (nSPS) is 11.8. The van der Waals surface area contributed by atoms with Crippen LogP contribution in [0.25, 0.3) is 0 Å². The van der Waals surface area contributed by atoms with Gasteiger partial charge in [0, 0.05) is 11.3 Å². The minimum Gasteiger partial charge on any atom is -0.497 e. The van der Waals surface area contributed by atoms with Crippen LogP contribution in [-0.2, 0) is 0 Å². The average Bonchev–Trinajstić information content (AvgIpc) is 2.62. The smallest absolute Gasteiger partial charge is 0.258 e. The highest BCUT2D eigenvalue weighted by atomic mass is 16.5. The summed E-state index contributed by atoms with van der Waals surface area (Å²) in [5, 5.41) is 0. The molecular weight excluding hydrogens is 298 g/mol. The molecule has 1 atom stereocenters. The van der Waals surface area contributed by atoms with Gasteiger partial charge in [0.1, 0.15) is 5.75 Å². The highest BCUT2D eigenvalue weighted by Gasteiger charge is 2.25. The molecule has 2 aromatic rings. The van der Waals surface area contributed by atoms with Crippen molar-refractivity contribution in [1.29, 1.82) is 0 Å². The molecule has 0 radical (unpaired) electrons. The summed E-state index contributed by atoms with van der Waals surface area (Å²) in [6.45, 7) is 8.25. The van der Waals surface area contributed by atoms with Crippen molar-refractivity contribution in [2.75, 3.05) is 12.0 Å². The number of amides is 1. The fourth-order valence-corrected chi connectivity index (χ4v) is 2.71. The Labute approximate surface area is 144 Å². The summed E-state index contributed by atoms with van der Waals surface area (Å²) >= 11 is 0. The predicted octanol–water partition coefficient (Wildman–Crippen LogP) is 4.94. The third-order valence-corrected chi connectivity index (χ3v) is 3.91. The van der Waals surface area contributed by atoms with Crippen molar-refractivity contribution in [2.24, 2.45) is 5.92 Å². The van der Waals surface area contributed by atoms with E-state index in [2.05, 4.69) is 20.4 Å². The lowest BCUT2D eigenvalue weighted by Gasteiger charge is -2.31. The average molecular weight is 323 g/mol. The van der Waals surface area contributed by atoms with Gasteiger partial charge < -0.3 is 9.64 Å². The third kappa shape index (κ3) is 4.25. The molecule has 0 aromatic heterocycles. The molecule has 3 heteroatoms. The van der Waals surface area contributed by atoms with E-state index < -0.39 is 0 Å². The van der Waals surface area contributed by atoms with Crippen molar-refractivity contribution < 1.29 is 9.53 Å². The molecule has 0 spiro atoms. The fourth-order valence-electron chi connectivity index (χ4n) is 2.71. The maximum atomic E-state index is 13.1. The van der Waals surface area contributed by atoms with Crippen LogP contribution in [0.4, 0.5) is 5.69 Å². The number of carbonyl (C=O) groups excluding carboxylic acids is 1. The van der Waals surface area contributed by atoms with Crippen LogP contribution in [0, 0.1) is 5.92 Å². The van der Waals surface area contributed by atoms with E-state index in [1.807, 2.05) is 65.6 Å². The lowest BCUT2D eigenvalue weighted by molar-refractivity contribution is 0.0979. The predicted molar refractivity (Wildman–Crippen MR) is 99.7 cm³/mol. The van der Waals surface area contributed by atoms with Crippen LogP contribution in [0.1, 0.15) is 30.6 Å². The molecular formula is C21H25NO2. The molecule has 0 aliphatic heterocycles. The van der Waals surface area contributed by atoms with Crippen LogP contribution in [0.5, 0.6) is 5.75 Å². The molecule has 0 saturated heterocycles. The first kappa shape index (κ1) is 17.8. The molecule has 2 aromatic carbocycles. The summed E-state index contributed by atoms with van der Waals surface area (Å²) < 4.78 is 5.22. The quantitative estimate of drug-likeness (QED) is 0.675. The number of ether oxygens (including phenoxy) is 1. The van der Waals surface area contributed by atoms with Crippen LogP contribution >= 0.6 is 0 Å². The Morgan fingerprint density at radius 3 is 2.25 bits per heavy atom. The zero-order valence-electron chi connectivity index (χ0n) is 14.6. The van der Waals surface area contributed by atoms with E-state index in [9.17, 15) is 4.79 Å². The molecule has 0 fully saturated rings. The molecule has 0 N–H and O–H groups in total. The van der Waals surface area contributed by atoms with E-state index in [1.165, 1.54) is 0 Å². The second-order valence-electron chi connectivity index (χ2n) is 6.17. The Kier molecular flexibility index (Phi) is 6.19. The Morgan fingerprint density at radius 2 is 1.75 bits per heavy atom. The lowest BCUT2D eigenvalue weighted by Crippen LogP contribution is -2.40. The van der Waals surface area contributed by atoms with Gasteiger partial charge in [-0.3, -0.25) is 4.79 Å². The molecule has 0 aliphatic carbocycles.